The maximum atomic E-state index is 5.88. The van der Waals surface area contributed by atoms with Crippen molar-refractivity contribution in [3.05, 3.63) is 0 Å². The highest BCUT2D eigenvalue weighted by Gasteiger charge is 2.30. The van der Waals surface area contributed by atoms with Crippen LogP contribution in [-0.4, -0.2) is 30.6 Å². The summed E-state index contributed by atoms with van der Waals surface area (Å²) >= 11 is 0. The predicted molar refractivity (Wildman–Crippen MR) is 62.3 cm³/mol. The van der Waals surface area contributed by atoms with Crippen molar-refractivity contribution in [2.24, 2.45) is 17.1 Å². The SMILES string of the molecule is CC1CCN(C(CN)C(C)(C)C)CC1. The minimum absolute atomic E-state index is 0.315. The van der Waals surface area contributed by atoms with Crippen molar-refractivity contribution in [1.29, 1.82) is 0 Å². The third-order valence-electron chi connectivity index (χ3n) is 3.48. The first kappa shape index (κ1) is 12.0. The molecule has 1 aliphatic rings. The third-order valence-corrected chi connectivity index (χ3v) is 3.48. The standard InChI is InChI=1S/C12H26N2/c1-10-5-7-14(8-6-10)11(9-13)12(2,3)4/h10-11H,5-9,13H2,1-4H3. The average molecular weight is 198 g/mol. The molecule has 0 aromatic heterocycles. The Balaban J connectivity index is 2.54. The van der Waals surface area contributed by atoms with Gasteiger partial charge in [-0.15, -0.1) is 0 Å². The monoisotopic (exact) mass is 198 g/mol. The largest absolute Gasteiger partial charge is 0.329 e. The number of nitrogens with zero attached hydrogens (tertiary/aromatic N) is 1. The zero-order valence-electron chi connectivity index (χ0n) is 10.2. The fourth-order valence-electron chi connectivity index (χ4n) is 2.39. The fraction of sp³-hybridized carbons (Fsp3) is 1.00. The molecule has 1 aliphatic heterocycles. The van der Waals surface area contributed by atoms with Crippen LogP contribution in [0, 0.1) is 11.3 Å². The molecule has 0 aliphatic carbocycles. The van der Waals surface area contributed by atoms with Gasteiger partial charge in [0.2, 0.25) is 0 Å². The Morgan fingerprint density at radius 3 is 2.14 bits per heavy atom. The summed E-state index contributed by atoms with van der Waals surface area (Å²) in [6.07, 6.45) is 2.68. The Kier molecular flexibility index (Phi) is 3.96. The lowest BCUT2D eigenvalue weighted by Gasteiger charge is -2.42. The topological polar surface area (TPSA) is 29.3 Å². The first-order chi connectivity index (χ1) is 6.45. The summed E-state index contributed by atoms with van der Waals surface area (Å²) in [7, 11) is 0. The molecule has 84 valence electrons. The number of hydrogen-bond donors (Lipinski definition) is 1. The average Bonchev–Trinajstić information content (AvgIpc) is 2.07. The highest BCUT2D eigenvalue weighted by atomic mass is 15.2. The minimum Gasteiger partial charge on any atom is -0.329 e. The van der Waals surface area contributed by atoms with Crippen molar-refractivity contribution in [3.8, 4) is 0 Å². The minimum atomic E-state index is 0.315. The summed E-state index contributed by atoms with van der Waals surface area (Å²) in [5, 5.41) is 0. The summed E-state index contributed by atoms with van der Waals surface area (Å²) in [4.78, 5) is 2.58. The maximum absolute atomic E-state index is 5.88. The first-order valence-electron chi connectivity index (χ1n) is 5.89. The second-order valence-corrected chi connectivity index (χ2v) is 5.84. The van der Waals surface area contributed by atoms with Crippen molar-refractivity contribution >= 4 is 0 Å². The summed E-state index contributed by atoms with van der Waals surface area (Å²) in [6.45, 7) is 12.5. The van der Waals surface area contributed by atoms with Gasteiger partial charge in [-0.05, 0) is 37.3 Å². The molecule has 0 radical (unpaired) electrons. The van der Waals surface area contributed by atoms with E-state index in [0.717, 1.165) is 12.5 Å². The summed E-state index contributed by atoms with van der Waals surface area (Å²) < 4.78 is 0. The Hall–Kier alpha value is -0.0800. The van der Waals surface area contributed by atoms with E-state index in [2.05, 4.69) is 32.6 Å². The van der Waals surface area contributed by atoms with Crippen molar-refractivity contribution in [2.45, 2.75) is 46.6 Å². The molecule has 2 nitrogen and oxygen atoms in total. The second kappa shape index (κ2) is 4.63. The Morgan fingerprint density at radius 1 is 1.29 bits per heavy atom. The van der Waals surface area contributed by atoms with E-state index in [0.29, 0.717) is 11.5 Å². The number of piperidine rings is 1. The highest BCUT2D eigenvalue weighted by molar-refractivity contribution is 4.86. The van der Waals surface area contributed by atoms with Crippen LogP contribution in [0.3, 0.4) is 0 Å². The highest BCUT2D eigenvalue weighted by Crippen LogP contribution is 2.27. The molecular weight excluding hydrogens is 172 g/mol. The number of rotatable bonds is 2. The van der Waals surface area contributed by atoms with E-state index in [9.17, 15) is 0 Å². The smallest absolute Gasteiger partial charge is 0.0266 e. The quantitative estimate of drug-likeness (QED) is 0.736. The molecule has 14 heavy (non-hydrogen) atoms. The van der Waals surface area contributed by atoms with E-state index in [4.69, 9.17) is 5.73 Å². The van der Waals surface area contributed by atoms with Gasteiger partial charge in [0.1, 0.15) is 0 Å². The molecule has 0 aromatic carbocycles. The first-order valence-corrected chi connectivity index (χ1v) is 5.89. The number of likely N-dealkylation sites (tertiary alicyclic amines) is 1. The Morgan fingerprint density at radius 2 is 1.79 bits per heavy atom. The van der Waals surface area contributed by atoms with Crippen LogP contribution in [0.5, 0.6) is 0 Å². The molecule has 1 unspecified atom stereocenters. The van der Waals surface area contributed by atoms with E-state index in [1.54, 1.807) is 0 Å². The van der Waals surface area contributed by atoms with Crippen LogP contribution in [-0.2, 0) is 0 Å². The lowest BCUT2D eigenvalue weighted by Crippen LogP contribution is -2.51. The molecule has 0 aromatic rings. The van der Waals surface area contributed by atoms with Crippen LogP contribution in [0.15, 0.2) is 0 Å². The van der Waals surface area contributed by atoms with Gasteiger partial charge >= 0.3 is 0 Å². The van der Waals surface area contributed by atoms with Gasteiger partial charge in [-0.3, -0.25) is 4.90 Å². The summed E-state index contributed by atoms with van der Waals surface area (Å²) in [5.74, 6) is 0.907. The second-order valence-electron chi connectivity index (χ2n) is 5.84. The molecule has 1 fully saturated rings. The van der Waals surface area contributed by atoms with Crippen molar-refractivity contribution in [3.63, 3.8) is 0 Å². The molecule has 0 saturated carbocycles. The van der Waals surface area contributed by atoms with Gasteiger partial charge in [-0.1, -0.05) is 27.7 Å². The molecule has 2 N–H and O–H groups in total. The molecule has 0 bridgehead atoms. The van der Waals surface area contributed by atoms with Gasteiger partial charge in [0, 0.05) is 12.6 Å². The Labute approximate surface area is 88.8 Å². The maximum Gasteiger partial charge on any atom is 0.0266 e. The van der Waals surface area contributed by atoms with Crippen LogP contribution in [0.1, 0.15) is 40.5 Å². The molecule has 1 rings (SSSR count). The van der Waals surface area contributed by atoms with E-state index >= 15 is 0 Å². The van der Waals surface area contributed by atoms with Gasteiger partial charge in [-0.2, -0.15) is 0 Å². The normalized spacial score (nSPS) is 23.8. The number of hydrogen-bond acceptors (Lipinski definition) is 2. The Bertz CT molecular complexity index is 164. The molecular formula is C12H26N2. The summed E-state index contributed by atoms with van der Waals surface area (Å²) in [5.41, 5.74) is 6.20. The molecule has 0 amide bonds. The molecule has 2 heteroatoms. The fourth-order valence-corrected chi connectivity index (χ4v) is 2.39. The zero-order chi connectivity index (χ0) is 10.8. The van der Waals surface area contributed by atoms with Gasteiger partial charge in [0.25, 0.3) is 0 Å². The molecule has 1 atom stereocenters. The lowest BCUT2D eigenvalue weighted by molar-refractivity contribution is 0.0718. The molecule has 1 saturated heterocycles. The van der Waals surface area contributed by atoms with Gasteiger partial charge < -0.3 is 5.73 Å². The van der Waals surface area contributed by atoms with Crippen LogP contribution < -0.4 is 5.73 Å². The van der Waals surface area contributed by atoms with Crippen LogP contribution in [0.25, 0.3) is 0 Å². The van der Waals surface area contributed by atoms with Crippen molar-refractivity contribution < 1.29 is 0 Å². The van der Waals surface area contributed by atoms with Gasteiger partial charge in [-0.25, -0.2) is 0 Å². The number of nitrogens with two attached hydrogens (primary N) is 1. The van der Waals surface area contributed by atoms with E-state index in [1.165, 1.54) is 25.9 Å². The van der Waals surface area contributed by atoms with Gasteiger partial charge in [0.05, 0.1) is 0 Å². The van der Waals surface area contributed by atoms with Crippen LogP contribution >= 0.6 is 0 Å². The molecule has 0 spiro atoms. The zero-order valence-corrected chi connectivity index (χ0v) is 10.2. The van der Waals surface area contributed by atoms with E-state index in [-0.39, 0.29) is 0 Å². The predicted octanol–water partition coefficient (Wildman–Crippen LogP) is 2.09. The van der Waals surface area contributed by atoms with E-state index < -0.39 is 0 Å². The van der Waals surface area contributed by atoms with E-state index in [1.807, 2.05) is 0 Å². The summed E-state index contributed by atoms with van der Waals surface area (Å²) in [6, 6.07) is 0.551. The van der Waals surface area contributed by atoms with Crippen molar-refractivity contribution in [2.75, 3.05) is 19.6 Å². The van der Waals surface area contributed by atoms with Crippen LogP contribution in [0.4, 0.5) is 0 Å². The third kappa shape index (κ3) is 2.96. The van der Waals surface area contributed by atoms with Crippen molar-refractivity contribution in [1.82, 2.24) is 4.90 Å². The lowest BCUT2D eigenvalue weighted by atomic mass is 9.84. The van der Waals surface area contributed by atoms with Gasteiger partial charge in [0.15, 0.2) is 0 Å². The molecule has 1 heterocycles. The van der Waals surface area contributed by atoms with Crippen LogP contribution in [0.2, 0.25) is 0 Å².